The molecule has 10 nitrogen and oxygen atoms in total. The number of piperazine rings is 1. The number of allylic oxidation sites excluding steroid dienone is 1. The monoisotopic (exact) mass is 533 g/mol. The molecule has 4 aromatic heterocycles. The first-order valence-electron chi connectivity index (χ1n) is 13.3. The van der Waals surface area contributed by atoms with Crippen LogP contribution in [0.15, 0.2) is 84.4 Å². The molecule has 10 heteroatoms. The quantitative estimate of drug-likeness (QED) is 0.313. The van der Waals surface area contributed by atoms with E-state index in [2.05, 4.69) is 50.8 Å². The number of fused-ring (bicyclic) bond motifs is 1. The van der Waals surface area contributed by atoms with Crippen molar-refractivity contribution in [3.63, 3.8) is 0 Å². The molecule has 5 heterocycles. The van der Waals surface area contributed by atoms with Gasteiger partial charge in [0.25, 0.3) is 5.56 Å². The molecule has 0 unspecified atom stereocenters. The Morgan fingerprint density at radius 1 is 0.925 bits per heavy atom. The smallest absolute Gasteiger partial charge is 0.278 e. The molecule has 1 aromatic carbocycles. The predicted octanol–water partition coefficient (Wildman–Crippen LogP) is 4.03. The van der Waals surface area contributed by atoms with Crippen LogP contribution in [0.4, 0.5) is 17.3 Å². The molecule has 1 saturated heterocycles. The highest BCUT2D eigenvalue weighted by atomic mass is 16.1. The zero-order chi connectivity index (χ0) is 27.6. The fourth-order valence-electron chi connectivity index (χ4n) is 4.86. The van der Waals surface area contributed by atoms with Gasteiger partial charge in [-0.1, -0.05) is 18.2 Å². The Hall–Kier alpha value is -4.83. The summed E-state index contributed by atoms with van der Waals surface area (Å²) in [6, 6.07) is 17.8. The van der Waals surface area contributed by atoms with Crippen molar-refractivity contribution in [1.29, 1.82) is 0 Å². The number of rotatable bonds is 7. The van der Waals surface area contributed by atoms with Crippen molar-refractivity contribution in [2.45, 2.75) is 13.5 Å². The van der Waals surface area contributed by atoms with Gasteiger partial charge in [-0.15, -0.1) is 6.58 Å². The van der Waals surface area contributed by atoms with E-state index in [1.54, 1.807) is 21.6 Å². The number of hydrogen-bond donors (Lipinski definition) is 1. The van der Waals surface area contributed by atoms with Crippen molar-refractivity contribution in [2.24, 2.45) is 0 Å². The molecule has 0 atom stereocenters. The fourth-order valence-corrected chi connectivity index (χ4v) is 4.86. The molecule has 0 saturated carbocycles. The average Bonchev–Trinajstić information content (AvgIpc) is 3.25. The van der Waals surface area contributed by atoms with Gasteiger partial charge in [-0.05, 0) is 62.0 Å². The molecule has 0 spiro atoms. The van der Waals surface area contributed by atoms with Gasteiger partial charge in [-0.25, -0.2) is 19.3 Å². The first-order valence-corrected chi connectivity index (χ1v) is 13.3. The molecule has 40 heavy (non-hydrogen) atoms. The van der Waals surface area contributed by atoms with Gasteiger partial charge in [0.05, 0.1) is 17.9 Å². The van der Waals surface area contributed by atoms with Crippen LogP contribution in [0, 0.1) is 6.92 Å². The number of hydrogen-bond acceptors (Lipinski definition) is 8. The highest BCUT2D eigenvalue weighted by molar-refractivity contribution is 5.77. The molecule has 0 amide bonds. The molecule has 6 rings (SSSR count). The SMILES string of the molecule is C=CCn1c(=O)c2cnc(Nc3ccc(N4CCN(C)CC4)cc3)nc2n1-c1cccc(-c2ccc(C)cn2)n1. The van der Waals surface area contributed by atoms with Gasteiger partial charge < -0.3 is 15.1 Å². The Morgan fingerprint density at radius 3 is 2.45 bits per heavy atom. The normalized spacial score (nSPS) is 14.0. The van der Waals surface area contributed by atoms with Gasteiger partial charge in [0, 0.05) is 49.9 Å². The van der Waals surface area contributed by atoms with Gasteiger partial charge in [0.2, 0.25) is 5.95 Å². The van der Waals surface area contributed by atoms with Gasteiger partial charge in [0.15, 0.2) is 11.5 Å². The third kappa shape index (κ3) is 4.96. The van der Waals surface area contributed by atoms with Gasteiger partial charge in [0.1, 0.15) is 5.39 Å². The topological polar surface area (TPSA) is 97.0 Å². The van der Waals surface area contributed by atoms with E-state index >= 15 is 0 Å². The lowest BCUT2D eigenvalue weighted by Crippen LogP contribution is -2.44. The number of likely N-dealkylation sites (N-methyl/N-ethyl adjacent to an activating group) is 1. The fraction of sp³-hybridized carbons (Fsp3) is 0.233. The van der Waals surface area contributed by atoms with Crippen LogP contribution in [-0.2, 0) is 6.54 Å². The van der Waals surface area contributed by atoms with Crippen LogP contribution in [0.5, 0.6) is 0 Å². The number of pyridine rings is 2. The maximum Gasteiger partial charge on any atom is 0.278 e. The van der Waals surface area contributed by atoms with Crippen molar-refractivity contribution >= 4 is 28.4 Å². The zero-order valence-corrected chi connectivity index (χ0v) is 22.7. The first-order chi connectivity index (χ1) is 19.5. The third-order valence-electron chi connectivity index (χ3n) is 7.09. The molecule has 5 aromatic rings. The Labute approximate surface area is 232 Å². The molecule has 202 valence electrons. The Kier molecular flexibility index (Phi) is 6.83. The number of aromatic nitrogens is 6. The van der Waals surface area contributed by atoms with Crippen LogP contribution in [0.25, 0.3) is 28.2 Å². The minimum absolute atomic E-state index is 0.210. The Morgan fingerprint density at radius 2 is 1.73 bits per heavy atom. The zero-order valence-electron chi connectivity index (χ0n) is 22.7. The maximum absolute atomic E-state index is 13.3. The molecule has 1 aliphatic heterocycles. The Bertz CT molecular complexity index is 1710. The van der Waals surface area contributed by atoms with E-state index in [9.17, 15) is 4.79 Å². The largest absolute Gasteiger partial charge is 0.369 e. The van der Waals surface area contributed by atoms with Crippen LogP contribution >= 0.6 is 0 Å². The number of anilines is 3. The number of nitrogens with zero attached hydrogens (tertiary/aromatic N) is 8. The van der Waals surface area contributed by atoms with E-state index in [1.807, 2.05) is 55.6 Å². The summed E-state index contributed by atoms with van der Waals surface area (Å²) in [4.78, 5) is 36.6. The van der Waals surface area contributed by atoms with Crippen LogP contribution < -0.4 is 15.8 Å². The average molecular weight is 534 g/mol. The van der Waals surface area contributed by atoms with E-state index in [4.69, 9.17) is 9.97 Å². The molecule has 0 aliphatic carbocycles. The van der Waals surface area contributed by atoms with E-state index in [0.29, 0.717) is 35.0 Å². The standard InChI is InChI=1S/C30H31N9O/c1-4-14-38-29(40)24-20-32-30(33-22-9-11-23(12-10-22)37-17-15-36(3)16-18-37)35-28(24)39(38)27-7-5-6-26(34-27)25-13-8-21(2)19-31-25/h4-13,19-20H,1,14-18H2,2-3H3,(H,32,33,35). The van der Waals surface area contributed by atoms with Crippen molar-refractivity contribution in [1.82, 2.24) is 34.2 Å². The van der Waals surface area contributed by atoms with Crippen LogP contribution in [0.3, 0.4) is 0 Å². The molecule has 0 radical (unpaired) electrons. The highest BCUT2D eigenvalue weighted by Gasteiger charge is 2.19. The summed E-state index contributed by atoms with van der Waals surface area (Å²) in [7, 11) is 2.15. The van der Waals surface area contributed by atoms with Gasteiger partial charge in [-0.2, -0.15) is 4.98 Å². The van der Waals surface area contributed by atoms with Gasteiger partial charge in [-0.3, -0.25) is 9.78 Å². The molecule has 1 N–H and O–H groups in total. The summed E-state index contributed by atoms with van der Waals surface area (Å²) < 4.78 is 3.29. The minimum atomic E-state index is -0.210. The second-order valence-corrected chi connectivity index (χ2v) is 9.98. The van der Waals surface area contributed by atoms with Crippen LogP contribution in [0.1, 0.15) is 5.56 Å². The minimum Gasteiger partial charge on any atom is -0.369 e. The molecule has 1 aliphatic rings. The third-order valence-corrected chi connectivity index (χ3v) is 7.09. The van der Waals surface area contributed by atoms with Crippen molar-refractivity contribution in [2.75, 3.05) is 43.4 Å². The summed E-state index contributed by atoms with van der Waals surface area (Å²) in [6.07, 6.45) is 5.05. The Balaban J connectivity index is 1.35. The maximum atomic E-state index is 13.3. The van der Waals surface area contributed by atoms with Gasteiger partial charge >= 0.3 is 0 Å². The molecule has 0 bridgehead atoms. The number of nitrogens with one attached hydrogen (secondary N) is 1. The lowest BCUT2D eigenvalue weighted by molar-refractivity contribution is 0.313. The highest BCUT2D eigenvalue weighted by Crippen LogP contribution is 2.23. The first kappa shape index (κ1) is 25.4. The summed E-state index contributed by atoms with van der Waals surface area (Å²) >= 11 is 0. The van der Waals surface area contributed by atoms with Crippen LogP contribution in [-0.4, -0.2) is 67.4 Å². The van der Waals surface area contributed by atoms with E-state index in [-0.39, 0.29) is 5.56 Å². The van der Waals surface area contributed by atoms with E-state index in [1.165, 1.54) is 5.69 Å². The van der Waals surface area contributed by atoms with Crippen LogP contribution in [0.2, 0.25) is 0 Å². The summed E-state index contributed by atoms with van der Waals surface area (Å²) in [5.41, 5.74) is 4.82. The van der Waals surface area contributed by atoms with Crippen molar-refractivity contribution in [3.8, 4) is 17.2 Å². The number of benzene rings is 1. The lowest BCUT2D eigenvalue weighted by Gasteiger charge is -2.34. The van der Waals surface area contributed by atoms with E-state index in [0.717, 1.165) is 43.1 Å². The van der Waals surface area contributed by atoms with Crippen molar-refractivity contribution < 1.29 is 0 Å². The molecule has 1 fully saturated rings. The summed E-state index contributed by atoms with van der Waals surface area (Å²) in [5.74, 6) is 0.940. The molecular weight excluding hydrogens is 502 g/mol. The predicted molar refractivity (Wildman–Crippen MR) is 159 cm³/mol. The van der Waals surface area contributed by atoms with Crippen molar-refractivity contribution in [3.05, 3.63) is 95.6 Å². The second-order valence-electron chi connectivity index (χ2n) is 9.98. The summed E-state index contributed by atoms with van der Waals surface area (Å²) in [6.45, 7) is 10.3. The number of aryl methyl sites for hydroxylation is 1. The van der Waals surface area contributed by atoms with E-state index < -0.39 is 0 Å². The second kappa shape index (κ2) is 10.7. The lowest BCUT2D eigenvalue weighted by atomic mass is 10.2. The molecular formula is C30H31N9O. The summed E-state index contributed by atoms with van der Waals surface area (Å²) in [5, 5.41) is 3.69.